The van der Waals surface area contributed by atoms with Gasteiger partial charge in [0.1, 0.15) is 0 Å². The van der Waals surface area contributed by atoms with Crippen LogP contribution >= 0.6 is 11.6 Å². The topological polar surface area (TPSA) is 38.1 Å². The summed E-state index contributed by atoms with van der Waals surface area (Å²) in [6.07, 6.45) is 1.22. The van der Waals surface area contributed by atoms with Gasteiger partial charge in [-0.05, 0) is 24.1 Å². The zero-order valence-electron chi connectivity index (χ0n) is 12.3. The summed E-state index contributed by atoms with van der Waals surface area (Å²) in [6.45, 7) is 3.35. The quantitative estimate of drug-likeness (QED) is 0.855. The highest BCUT2D eigenvalue weighted by Crippen LogP contribution is 2.22. The number of amides is 1. The van der Waals surface area contributed by atoms with Gasteiger partial charge in [-0.2, -0.15) is 0 Å². The molecule has 21 heavy (non-hydrogen) atoms. The second-order valence-corrected chi connectivity index (χ2v) is 5.90. The van der Waals surface area contributed by atoms with Crippen molar-refractivity contribution in [2.45, 2.75) is 26.3 Å². The number of benzene rings is 1. The van der Waals surface area contributed by atoms with Crippen LogP contribution in [0, 0.1) is 6.92 Å². The van der Waals surface area contributed by atoms with Crippen LogP contribution in [-0.4, -0.2) is 26.9 Å². The van der Waals surface area contributed by atoms with Gasteiger partial charge in [0.05, 0.1) is 24.4 Å². The van der Waals surface area contributed by atoms with Crippen molar-refractivity contribution in [2.75, 3.05) is 6.54 Å². The summed E-state index contributed by atoms with van der Waals surface area (Å²) in [5.41, 5.74) is 4.32. The van der Waals surface area contributed by atoms with E-state index < -0.39 is 0 Å². The van der Waals surface area contributed by atoms with Crippen LogP contribution in [0.4, 0.5) is 0 Å². The maximum atomic E-state index is 12.4. The van der Waals surface area contributed by atoms with Gasteiger partial charge in [-0.3, -0.25) is 4.79 Å². The van der Waals surface area contributed by atoms with Gasteiger partial charge in [-0.15, -0.1) is 0 Å². The highest BCUT2D eigenvalue weighted by molar-refractivity contribution is 6.28. The minimum Gasteiger partial charge on any atom is -0.336 e. The number of hydrogen-bond acceptors (Lipinski definition) is 2. The van der Waals surface area contributed by atoms with E-state index >= 15 is 0 Å². The first-order chi connectivity index (χ1) is 10.0. The fourth-order valence-corrected chi connectivity index (χ4v) is 2.86. The third-order valence-electron chi connectivity index (χ3n) is 4.03. The van der Waals surface area contributed by atoms with Gasteiger partial charge in [0.2, 0.25) is 11.2 Å². The smallest absolute Gasteiger partial charge is 0.227 e. The van der Waals surface area contributed by atoms with E-state index in [1.807, 2.05) is 47.7 Å². The molecule has 3 rings (SSSR count). The lowest BCUT2D eigenvalue weighted by atomic mass is 10.1. The lowest BCUT2D eigenvalue weighted by Crippen LogP contribution is -2.37. The van der Waals surface area contributed by atoms with Crippen molar-refractivity contribution in [2.24, 2.45) is 7.05 Å². The second kappa shape index (κ2) is 5.53. The van der Waals surface area contributed by atoms with E-state index in [-0.39, 0.29) is 5.91 Å². The lowest BCUT2D eigenvalue weighted by molar-refractivity contribution is -0.131. The number of aromatic nitrogens is 2. The van der Waals surface area contributed by atoms with E-state index in [0.717, 1.165) is 23.4 Å². The molecule has 1 aromatic carbocycles. The van der Waals surface area contributed by atoms with Crippen molar-refractivity contribution in [1.29, 1.82) is 0 Å². The van der Waals surface area contributed by atoms with Crippen LogP contribution in [0.3, 0.4) is 0 Å². The third-order valence-corrected chi connectivity index (χ3v) is 4.37. The normalized spacial score (nSPS) is 14.1. The Kier molecular flexibility index (Phi) is 3.72. The summed E-state index contributed by atoms with van der Waals surface area (Å²) >= 11 is 6.04. The van der Waals surface area contributed by atoms with Crippen LogP contribution in [0.1, 0.15) is 22.5 Å². The molecule has 0 fully saturated rings. The average Bonchev–Trinajstić information content (AvgIpc) is 2.76. The van der Waals surface area contributed by atoms with Crippen LogP contribution in [0.15, 0.2) is 24.3 Å². The molecule has 110 valence electrons. The molecule has 2 aromatic rings. The van der Waals surface area contributed by atoms with Crippen molar-refractivity contribution in [1.82, 2.24) is 14.5 Å². The number of imidazole rings is 1. The number of halogens is 1. The molecule has 4 nitrogen and oxygen atoms in total. The van der Waals surface area contributed by atoms with Gasteiger partial charge in [0, 0.05) is 20.0 Å². The molecule has 0 aliphatic carbocycles. The Labute approximate surface area is 129 Å². The van der Waals surface area contributed by atoms with Gasteiger partial charge in [0.15, 0.2) is 0 Å². The molecule has 0 saturated carbocycles. The number of rotatable bonds is 2. The second-order valence-electron chi connectivity index (χ2n) is 5.56. The molecule has 0 radical (unpaired) electrons. The van der Waals surface area contributed by atoms with Crippen molar-refractivity contribution in [3.63, 3.8) is 0 Å². The Bertz CT molecular complexity index is 676. The number of carbonyl (C=O) groups is 1. The summed E-state index contributed by atoms with van der Waals surface area (Å²) in [6, 6.07) is 8.11. The molecular formula is C16H18ClN3O. The van der Waals surface area contributed by atoms with Crippen molar-refractivity contribution >= 4 is 17.5 Å². The summed E-state index contributed by atoms with van der Waals surface area (Å²) < 4.78 is 1.86. The molecule has 1 aliphatic heterocycles. The van der Waals surface area contributed by atoms with Crippen molar-refractivity contribution in [3.05, 3.63) is 52.1 Å². The fraction of sp³-hybridized carbons (Fsp3) is 0.375. The molecule has 0 unspecified atom stereocenters. The third kappa shape index (κ3) is 2.81. The molecule has 5 heteroatoms. The molecule has 1 aliphatic rings. The number of carbonyl (C=O) groups excluding carboxylic acids is 1. The molecule has 0 saturated heterocycles. The van der Waals surface area contributed by atoms with E-state index in [4.69, 9.17) is 11.6 Å². The van der Waals surface area contributed by atoms with Crippen LogP contribution in [0.25, 0.3) is 0 Å². The van der Waals surface area contributed by atoms with Gasteiger partial charge < -0.3 is 9.47 Å². The Morgan fingerprint density at radius 1 is 1.33 bits per heavy atom. The van der Waals surface area contributed by atoms with Crippen LogP contribution in [-0.2, 0) is 31.2 Å². The minimum absolute atomic E-state index is 0.154. The number of aryl methyl sites for hydroxylation is 1. The Balaban J connectivity index is 1.72. The van der Waals surface area contributed by atoms with Crippen molar-refractivity contribution < 1.29 is 4.79 Å². The largest absolute Gasteiger partial charge is 0.336 e. The summed E-state index contributed by atoms with van der Waals surface area (Å²) in [5.74, 6) is 0.154. The van der Waals surface area contributed by atoms with E-state index in [0.29, 0.717) is 24.8 Å². The van der Waals surface area contributed by atoms with E-state index in [1.165, 1.54) is 5.56 Å². The molecule has 1 amide bonds. The van der Waals surface area contributed by atoms with E-state index in [9.17, 15) is 4.79 Å². The molecule has 0 spiro atoms. The van der Waals surface area contributed by atoms with Crippen LogP contribution < -0.4 is 0 Å². The van der Waals surface area contributed by atoms with Crippen LogP contribution in [0.5, 0.6) is 0 Å². The first kappa shape index (κ1) is 14.1. The fourth-order valence-electron chi connectivity index (χ4n) is 2.66. The van der Waals surface area contributed by atoms with Gasteiger partial charge >= 0.3 is 0 Å². The summed E-state index contributed by atoms with van der Waals surface area (Å²) in [5, 5.41) is 0.493. The highest BCUT2D eigenvalue weighted by Gasteiger charge is 2.25. The summed E-state index contributed by atoms with van der Waals surface area (Å²) in [4.78, 5) is 18.7. The monoisotopic (exact) mass is 303 g/mol. The minimum atomic E-state index is 0.154. The SMILES string of the molecule is Cc1ccc(CC(=O)N2CCc3nc(Cl)n(C)c3C2)cc1. The first-order valence-corrected chi connectivity index (χ1v) is 7.45. The molecular weight excluding hydrogens is 286 g/mol. The number of hydrogen-bond donors (Lipinski definition) is 0. The lowest BCUT2D eigenvalue weighted by Gasteiger charge is -2.27. The Morgan fingerprint density at radius 3 is 2.76 bits per heavy atom. The molecule has 0 N–H and O–H groups in total. The number of fused-ring (bicyclic) bond motifs is 1. The predicted molar refractivity (Wildman–Crippen MR) is 82.2 cm³/mol. The van der Waals surface area contributed by atoms with Crippen LogP contribution in [0.2, 0.25) is 5.28 Å². The maximum Gasteiger partial charge on any atom is 0.227 e. The molecule has 1 aromatic heterocycles. The standard InChI is InChI=1S/C16H18ClN3O/c1-11-3-5-12(6-4-11)9-15(21)20-8-7-13-14(10-20)19(2)16(17)18-13/h3-6H,7-10H2,1-2H3. The Morgan fingerprint density at radius 2 is 2.05 bits per heavy atom. The predicted octanol–water partition coefficient (Wildman–Crippen LogP) is 2.51. The van der Waals surface area contributed by atoms with Gasteiger partial charge in [-0.25, -0.2) is 4.98 Å². The van der Waals surface area contributed by atoms with Crippen molar-refractivity contribution in [3.8, 4) is 0 Å². The molecule has 0 atom stereocenters. The maximum absolute atomic E-state index is 12.4. The van der Waals surface area contributed by atoms with E-state index in [1.54, 1.807) is 0 Å². The highest BCUT2D eigenvalue weighted by atomic mass is 35.5. The summed E-state index contributed by atoms with van der Waals surface area (Å²) in [7, 11) is 1.89. The Hall–Kier alpha value is -1.81. The van der Waals surface area contributed by atoms with Gasteiger partial charge in [-0.1, -0.05) is 29.8 Å². The average molecular weight is 304 g/mol. The zero-order valence-corrected chi connectivity index (χ0v) is 13.0. The molecule has 0 bridgehead atoms. The molecule has 2 heterocycles. The first-order valence-electron chi connectivity index (χ1n) is 7.08. The zero-order chi connectivity index (χ0) is 15.0. The van der Waals surface area contributed by atoms with E-state index in [2.05, 4.69) is 4.98 Å². The number of nitrogens with zero attached hydrogens (tertiary/aromatic N) is 3. The van der Waals surface area contributed by atoms with Gasteiger partial charge in [0.25, 0.3) is 0 Å².